The second kappa shape index (κ2) is 9.87. The number of carbonyl (C=O) groups is 2. The van der Waals surface area contributed by atoms with Crippen molar-refractivity contribution in [1.82, 2.24) is 5.32 Å². The Morgan fingerprint density at radius 2 is 1.91 bits per heavy atom. The fourth-order valence-corrected chi connectivity index (χ4v) is 2.32. The summed E-state index contributed by atoms with van der Waals surface area (Å²) in [6.07, 6.45) is 3.10. The van der Waals surface area contributed by atoms with Gasteiger partial charge in [-0.1, -0.05) is 31.9 Å². The average molecular weight is 320 g/mol. The number of para-hydroxylation sites is 1. The van der Waals surface area contributed by atoms with E-state index in [4.69, 9.17) is 4.74 Å². The van der Waals surface area contributed by atoms with Crippen LogP contribution in [0, 0.1) is 0 Å². The lowest BCUT2D eigenvalue weighted by molar-refractivity contribution is -0.148. The Balaban J connectivity index is 2.48. The van der Waals surface area contributed by atoms with Crippen LogP contribution in [0.4, 0.5) is 5.69 Å². The quantitative estimate of drug-likeness (QED) is 0.685. The highest BCUT2D eigenvalue weighted by Gasteiger charge is 2.17. The minimum Gasteiger partial charge on any atom is -0.463 e. The highest BCUT2D eigenvalue weighted by Crippen LogP contribution is 2.14. The van der Waals surface area contributed by atoms with Gasteiger partial charge in [-0.3, -0.25) is 9.59 Å². The summed E-state index contributed by atoms with van der Waals surface area (Å²) in [6, 6.07) is 6.98. The van der Waals surface area contributed by atoms with Crippen LogP contribution in [-0.2, 0) is 9.53 Å². The summed E-state index contributed by atoms with van der Waals surface area (Å²) >= 11 is 0. The van der Waals surface area contributed by atoms with Crippen LogP contribution >= 0.6 is 0 Å². The summed E-state index contributed by atoms with van der Waals surface area (Å²) in [5, 5.41) is 5.82. The van der Waals surface area contributed by atoms with Crippen molar-refractivity contribution in [3.63, 3.8) is 0 Å². The Bertz CT molecular complexity index is 517. The van der Waals surface area contributed by atoms with Crippen LogP contribution in [0.15, 0.2) is 24.3 Å². The summed E-state index contributed by atoms with van der Waals surface area (Å²) in [4.78, 5) is 24.2. The highest BCUT2D eigenvalue weighted by atomic mass is 16.5. The third-order valence-electron chi connectivity index (χ3n) is 3.59. The number of unbranched alkanes of at least 4 members (excludes halogenated alkanes) is 1. The van der Waals surface area contributed by atoms with Crippen LogP contribution in [0.1, 0.15) is 56.8 Å². The third-order valence-corrected chi connectivity index (χ3v) is 3.59. The van der Waals surface area contributed by atoms with Crippen molar-refractivity contribution in [2.24, 2.45) is 0 Å². The molecule has 1 rings (SSSR count). The topological polar surface area (TPSA) is 67.4 Å². The van der Waals surface area contributed by atoms with Gasteiger partial charge in [-0.05, 0) is 32.4 Å². The van der Waals surface area contributed by atoms with E-state index in [-0.39, 0.29) is 30.4 Å². The summed E-state index contributed by atoms with van der Waals surface area (Å²) in [6.45, 7) is 5.81. The maximum atomic E-state index is 12.3. The molecule has 1 amide bonds. The molecular weight excluding hydrogens is 292 g/mol. The molecule has 128 valence electrons. The molecule has 1 aromatic carbocycles. The molecule has 0 fully saturated rings. The summed E-state index contributed by atoms with van der Waals surface area (Å²) < 4.78 is 5.35. The van der Waals surface area contributed by atoms with E-state index in [2.05, 4.69) is 17.6 Å². The number of rotatable bonds is 9. The number of esters is 1. The molecule has 0 aromatic heterocycles. The van der Waals surface area contributed by atoms with E-state index in [0.29, 0.717) is 5.56 Å². The van der Waals surface area contributed by atoms with E-state index in [1.165, 1.54) is 0 Å². The SMILES string of the molecule is CCCCC(C)OC(=O)CC(C)NC(=O)c1ccccc1NC. The Morgan fingerprint density at radius 3 is 2.57 bits per heavy atom. The molecule has 0 aliphatic rings. The van der Waals surface area contributed by atoms with Gasteiger partial charge in [0, 0.05) is 18.8 Å². The number of amides is 1. The van der Waals surface area contributed by atoms with Gasteiger partial charge in [0.05, 0.1) is 18.1 Å². The first kappa shape index (κ1) is 19.0. The van der Waals surface area contributed by atoms with Gasteiger partial charge in [-0.2, -0.15) is 0 Å². The van der Waals surface area contributed by atoms with E-state index in [1.807, 2.05) is 25.1 Å². The molecular formula is C18H28N2O3. The second-order valence-electron chi connectivity index (χ2n) is 5.82. The molecule has 0 saturated carbocycles. The molecule has 0 aliphatic carbocycles. The van der Waals surface area contributed by atoms with Crippen LogP contribution < -0.4 is 10.6 Å². The molecule has 0 aliphatic heterocycles. The van der Waals surface area contributed by atoms with E-state index in [0.717, 1.165) is 24.9 Å². The molecule has 0 bridgehead atoms. The number of carbonyl (C=O) groups excluding carboxylic acids is 2. The normalized spacial score (nSPS) is 13.0. The summed E-state index contributed by atoms with van der Waals surface area (Å²) in [7, 11) is 1.77. The second-order valence-corrected chi connectivity index (χ2v) is 5.82. The van der Waals surface area contributed by atoms with Gasteiger partial charge >= 0.3 is 5.97 Å². The maximum Gasteiger partial charge on any atom is 0.308 e. The fourth-order valence-electron chi connectivity index (χ4n) is 2.32. The van der Waals surface area contributed by atoms with Gasteiger partial charge < -0.3 is 15.4 Å². The van der Waals surface area contributed by atoms with Crippen LogP contribution in [0.3, 0.4) is 0 Å². The van der Waals surface area contributed by atoms with Crippen LogP contribution in [0.25, 0.3) is 0 Å². The first-order chi connectivity index (χ1) is 11.0. The number of ether oxygens (including phenoxy) is 1. The Labute approximate surface area is 138 Å². The van der Waals surface area contributed by atoms with Crippen molar-refractivity contribution >= 4 is 17.6 Å². The van der Waals surface area contributed by atoms with Gasteiger partial charge in [0.1, 0.15) is 0 Å². The zero-order valence-electron chi connectivity index (χ0n) is 14.5. The molecule has 0 saturated heterocycles. The lowest BCUT2D eigenvalue weighted by atomic mass is 10.1. The summed E-state index contributed by atoms with van der Waals surface area (Å²) in [5.74, 6) is -0.474. The summed E-state index contributed by atoms with van der Waals surface area (Å²) in [5.41, 5.74) is 1.32. The smallest absolute Gasteiger partial charge is 0.308 e. The molecule has 2 atom stereocenters. The first-order valence-corrected chi connectivity index (χ1v) is 8.25. The van der Waals surface area contributed by atoms with E-state index < -0.39 is 0 Å². The predicted octanol–water partition coefficient (Wildman–Crippen LogP) is 3.36. The van der Waals surface area contributed by atoms with E-state index >= 15 is 0 Å². The van der Waals surface area contributed by atoms with Gasteiger partial charge in [0.2, 0.25) is 0 Å². The number of hydrogen-bond acceptors (Lipinski definition) is 4. The molecule has 2 N–H and O–H groups in total. The van der Waals surface area contributed by atoms with Crippen LogP contribution in [0.2, 0.25) is 0 Å². The first-order valence-electron chi connectivity index (χ1n) is 8.25. The van der Waals surface area contributed by atoms with Gasteiger partial charge in [-0.15, -0.1) is 0 Å². The average Bonchev–Trinajstić information content (AvgIpc) is 2.52. The minimum atomic E-state index is -0.279. The standard InChI is InChI=1S/C18H28N2O3/c1-5-6-9-14(3)23-17(21)12-13(2)20-18(22)15-10-7-8-11-16(15)19-4/h7-8,10-11,13-14,19H,5-6,9,12H2,1-4H3,(H,20,22). The lowest BCUT2D eigenvalue weighted by Gasteiger charge is -2.17. The molecule has 0 heterocycles. The molecule has 1 aromatic rings. The minimum absolute atomic E-state index is 0.0737. The number of anilines is 1. The van der Waals surface area contributed by atoms with Crippen molar-refractivity contribution in [1.29, 1.82) is 0 Å². The van der Waals surface area contributed by atoms with Gasteiger partial charge in [-0.25, -0.2) is 0 Å². The third kappa shape index (κ3) is 6.72. The fraction of sp³-hybridized carbons (Fsp3) is 0.556. The monoisotopic (exact) mass is 320 g/mol. The molecule has 5 nitrogen and oxygen atoms in total. The highest BCUT2D eigenvalue weighted by molar-refractivity contribution is 5.99. The van der Waals surface area contributed by atoms with Crippen molar-refractivity contribution < 1.29 is 14.3 Å². The zero-order chi connectivity index (χ0) is 17.2. The maximum absolute atomic E-state index is 12.3. The largest absolute Gasteiger partial charge is 0.463 e. The van der Waals surface area contributed by atoms with E-state index in [9.17, 15) is 9.59 Å². The number of nitrogens with one attached hydrogen (secondary N) is 2. The zero-order valence-corrected chi connectivity index (χ0v) is 14.5. The Kier molecular flexibility index (Phi) is 8.16. The van der Waals surface area contributed by atoms with Crippen molar-refractivity contribution in [2.45, 2.75) is 58.6 Å². The van der Waals surface area contributed by atoms with Crippen molar-refractivity contribution in [2.75, 3.05) is 12.4 Å². The van der Waals surface area contributed by atoms with Gasteiger partial charge in [0.25, 0.3) is 5.91 Å². The molecule has 23 heavy (non-hydrogen) atoms. The molecule has 0 radical (unpaired) electrons. The molecule has 2 unspecified atom stereocenters. The Hall–Kier alpha value is -2.04. The van der Waals surface area contributed by atoms with Crippen LogP contribution in [0.5, 0.6) is 0 Å². The lowest BCUT2D eigenvalue weighted by Crippen LogP contribution is -2.35. The molecule has 0 spiro atoms. The molecule has 5 heteroatoms. The van der Waals surface area contributed by atoms with Crippen molar-refractivity contribution in [3.05, 3.63) is 29.8 Å². The van der Waals surface area contributed by atoms with Gasteiger partial charge in [0.15, 0.2) is 0 Å². The number of hydrogen-bond donors (Lipinski definition) is 2. The van der Waals surface area contributed by atoms with Crippen molar-refractivity contribution in [3.8, 4) is 0 Å². The number of benzene rings is 1. The predicted molar refractivity (Wildman–Crippen MR) is 92.6 cm³/mol. The Morgan fingerprint density at radius 1 is 1.22 bits per heavy atom. The van der Waals surface area contributed by atoms with E-state index in [1.54, 1.807) is 20.0 Å². The van der Waals surface area contributed by atoms with Crippen LogP contribution in [-0.4, -0.2) is 31.1 Å².